The number of carbonyl (C=O) groups is 1. The molecule has 1 amide bonds. The molecule has 0 aliphatic rings. The molecule has 0 atom stereocenters. The fourth-order valence-electron chi connectivity index (χ4n) is 3.17. The standard InChI is InChI=1S/C23H22N4O2S/c1-17-8-6-9-18(14-17)22-24-25-23(26(22)2)30-16-21(28)27(15-20-12-7-13-29-20)19-10-4-3-5-11-19/h3-14H,15-16H2,1-2H3. The van der Waals surface area contributed by atoms with Crippen LogP contribution in [0.15, 0.2) is 82.6 Å². The average Bonchev–Trinajstić information content (AvgIpc) is 3.40. The molecule has 0 radical (unpaired) electrons. The molecule has 0 bridgehead atoms. The van der Waals surface area contributed by atoms with Crippen LogP contribution in [0.1, 0.15) is 11.3 Å². The highest BCUT2D eigenvalue weighted by atomic mass is 32.2. The highest BCUT2D eigenvalue weighted by Gasteiger charge is 2.19. The molecule has 0 spiro atoms. The van der Waals surface area contributed by atoms with Crippen LogP contribution >= 0.6 is 11.8 Å². The Morgan fingerprint density at radius 1 is 1.07 bits per heavy atom. The van der Waals surface area contributed by atoms with Gasteiger partial charge in [0.1, 0.15) is 5.76 Å². The van der Waals surface area contributed by atoms with Crippen LogP contribution in [0, 0.1) is 6.92 Å². The van der Waals surface area contributed by atoms with Gasteiger partial charge in [-0.2, -0.15) is 0 Å². The predicted octanol–water partition coefficient (Wildman–Crippen LogP) is 4.71. The number of furan rings is 1. The van der Waals surface area contributed by atoms with E-state index in [1.54, 1.807) is 11.2 Å². The number of aromatic nitrogens is 3. The molecule has 4 rings (SSSR count). The van der Waals surface area contributed by atoms with Crippen molar-refractivity contribution in [1.82, 2.24) is 14.8 Å². The summed E-state index contributed by atoms with van der Waals surface area (Å²) in [5.41, 5.74) is 3.00. The molecule has 2 aromatic carbocycles. The Morgan fingerprint density at radius 3 is 2.63 bits per heavy atom. The molecule has 0 aliphatic heterocycles. The number of amides is 1. The van der Waals surface area contributed by atoms with Crippen LogP contribution < -0.4 is 4.90 Å². The van der Waals surface area contributed by atoms with Crippen LogP contribution in [-0.2, 0) is 18.4 Å². The van der Waals surface area contributed by atoms with Gasteiger partial charge < -0.3 is 13.9 Å². The van der Waals surface area contributed by atoms with Gasteiger partial charge in [-0.25, -0.2) is 0 Å². The Morgan fingerprint density at radius 2 is 1.90 bits per heavy atom. The van der Waals surface area contributed by atoms with E-state index in [0.29, 0.717) is 11.7 Å². The van der Waals surface area contributed by atoms with E-state index in [2.05, 4.69) is 16.3 Å². The van der Waals surface area contributed by atoms with Crippen molar-refractivity contribution in [2.24, 2.45) is 7.05 Å². The summed E-state index contributed by atoms with van der Waals surface area (Å²) in [6.45, 7) is 2.43. The minimum absolute atomic E-state index is 0.0253. The summed E-state index contributed by atoms with van der Waals surface area (Å²) in [7, 11) is 1.92. The first-order valence-corrected chi connectivity index (χ1v) is 10.6. The lowest BCUT2D eigenvalue weighted by Crippen LogP contribution is -2.31. The van der Waals surface area contributed by atoms with E-state index in [4.69, 9.17) is 4.42 Å². The zero-order chi connectivity index (χ0) is 20.9. The van der Waals surface area contributed by atoms with E-state index in [9.17, 15) is 4.79 Å². The Hall–Kier alpha value is -3.32. The van der Waals surface area contributed by atoms with E-state index in [1.807, 2.05) is 79.2 Å². The molecule has 0 saturated carbocycles. The summed E-state index contributed by atoms with van der Waals surface area (Å²) in [6, 6.07) is 21.4. The van der Waals surface area contributed by atoms with E-state index in [0.717, 1.165) is 28.4 Å². The second kappa shape index (κ2) is 9.00. The lowest BCUT2D eigenvalue weighted by molar-refractivity contribution is -0.116. The van der Waals surface area contributed by atoms with Crippen LogP contribution in [0.2, 0.25) is 0 Å². The smallest absolute Gasteiger partial charge is 0.237 e. The number of benzene rings is 2. The van der Waals surface area contributed by atoms with Crippen LogP contribution in [-0.4, -0.2) is 26.4 Å². The Balaban J connectivity index is 1.50. The average molecular weight is 419 g/mol. The third-order valence-electron chi connectivity index (χ3n) is 4.70. The van der Waals surface area contributed by atoms with Crippen molar-refractivity contribution in [2.75, 3.05) is 10.7 Å². The molecule has 0 N–H and O–H groups in total. The first kappa shape index (κ1) is 20.0. The highest BCUT2D eigenvalue weighted by Crippen LogP contribution is 2.25. The zero-order valence-electron chi connectivity index (χ0n) is 16.9. The summed E-state index contributed by atoms with van der Waals surface area (Å²) in [5.74, 6) is 1.74. The topological polar surface area (TPSA) is 64.2 Å². The summed E-state index contributed by atoms with van der Waals surface area (Å²) in [5, 5.41) is 9.31. The van der Waals surface area contributed by atoms with Crippen molar-refractivity contribution in [1.29, 1.82) is 0 Å². The fourth-order valence-corrected chi connectivity index (χ4v) is 3.96. The van der Waals surface area contributed by atoms with Gasteiger partial charge in [-0.05, 0) is 37.3 Å². The van der Waals surface area contributed by atoms with Gasteiger partial charge in [0.25, 0.3) is 0 Å². The predicted molar refractivity (Wildman–Crippen MR) is 118 cm³/mol. The molecule has 6 nitrogen and oxygen atoms in total. The van der Waals surface area contributed by atoms with Crippen molar-refractivity contribution in [3.63, 3.8) is 0 Å². The van der Waals surface area contributed by atoms with Gasteiger partial charge in [0, 0.05) is 18.3 Å². The van der Waals surface area contributed by atoms with Crippen molar-refractivity contribution in [3.8, 4) is 11.4 Å². The monoisotopic (exact) mass is 418 g/mol. The molecule has 4 aromatic rings. The quantitative estimate of drug-likeness (QED) is 0.407. The molecule has 7 heteroatoms. The number of hydrogen-bond acceptors (Lipinski definition) is 5. The highest BCUT2D eigenvalue weighted by molar-refractivity contribution is 7.99. The summed E-state index contributed by atoms with van der Waals surface area (Å²) >= 11 is 1.38. The third kappa shape index (κ3) is 4.46. The van der Waals surface area contributed by atoms with Crippen molar-refractivity contribution < 1.29 is 9.21 Å². The second-order valence-corrected chi connectivity index (χ2v) is 7.86. The van der Waals surface area contributed by atoms with Crippen LogP contribution in [0.25, 0.3) is 11.4 Å². The maximum Gasteiger partial charge on any atom is 0.237 e. The Labute approximate surface area is 179 Å². The molecular formula is C23H22N4O2S. The first-order valence-electron chi connectivity index (χ1n) is 9.59. The number of para-hydroxylation sites is 1. The van der Waals surface area contributed by atoms with Gasteiger partial charge in [-0.3, -0.25) is 4.79 Å². The molecule has 152 valence electrons. The number of anilines is 1. The number of nitrogens with zero attached hydrogens (tertiary/aromatic N) is 4. The molecule has 30 heavy (non-hydrogen) atoms. The van der Waals surface area contributed by atoms with E-state index in [1.165, 1.54) is 11.8 Å². The SMILES string of the molecule is Cc1cccc(-c2nnc(SCC(=O)N(Cc3ccco3)c3ccccc3)n2C)c1. The Bertz CT molecular complexity index is 1120. The lowest BCUT2D eigenvalue weighted by atomic mass is 10.1. The van der Waals surface area contributed by atoms with Gasteiger partial charge >= 0.3 is 0 Å². The van der Waals surface area contributed by atoms with Crippen LogP contribution in [0.4, 0.5) is 5.69 Å². The van der Waals surface area contributed by atoms with Crippen molar-refractivity contribution >= 4 is 23.4 Å². The molecular weight excluding hydrogens is 396 g/mol. The summed E-state index contributed by atoms with van der Waals surface area (Å²) in [4.78, 5) is 14.8. The zero-order valence-corrected chi connectivity index (χ0v) is 17.7. The second-order valence-electron chi connectivity index (χ2n) is 6.92. The molecule has 0 unspecified atom stereocenters. The van der Waals surface area contributed by atoms with Gasteiger partial charge in [0.05, 0.1) is 18.6 Å². The Kier molecular flexibility index (Phi) is 5.99. The lowest BCUT2D eigenvalue weighted by Gasteiger charge is -2.21. The molecule has 2 heterocycles. The molecule has 0 saturated heterocycles. The van der Waals surface area contributed by atoms with Crippen LogP contribution in [0.5, 0.6) is 0 Å². The third-order valence-corrected chi connectivity index (χ3v) is 5.70. The van der Waals surface area contributed by atoms with Gasteiger partial charge in [0.15, 0.2) is 11.0 Å². The van der Waals surface area contributed by atoms with Gasteiger partial charge in [0.2, 0.25) is 5.91 Å². The fraction of sp³-hybridized carbons (Fsp3) is 0.174. The first-order chi connectivity index (χ1) is 14.6. The summed E-state index contributed by atoms with van der Waals surface area (Å²) in [6.07, 6.45) is 1.62. The normalized spacial score (nSPS) is 10.9. The molecule has 0 aliphatic carbocycles. The van der Waals surface area contributed by atoms with Gasteiger partial charge in [-0.15, -0.1) is 10.2 Å². The number of hydrogen-bond donors (Lipinski definition) is 0. The number of thioether (sulfide) groups is 1. The van der Waals surface area contributed by atoms with Crippen LogP contribution in [0.3, 0.4) is 0 Å². The minimum atomic E-state index is -0.0253. The number of carbonyl (C=O) groups excluding carboxylic acids is 1. The molecule has 0 fully saturated rings. The molecule has 2 aromatic heterocycles. The number of aryl methyl sites for hydroxylation is 1. The van der Waals surface area contributed by atoms with Gasteiger partial charge in [-0.1, -0.05) is 53.7 Å². The van der Waals surface area contributed by atoms with E-state index in [-0.39, 0.29) is 11.7 Å². The van der Waals surface area contributed by atoms with Crippen molar-refractivity contribution in [3.05, 3.63) is 84.3 Å². The van der Waals surface area contributed by atoms with E-state index >= 15 is 0 Å². The summed E-state index contributed by atoms with van der Waals surface area (Å²) < 4.78 is 7.38. The largest absolute Gasteiger partial charge is 0.467 e. The maximum absolute atomic E-state index is 13.1. The maximum atomic E-state index is 13.1. The minimum Gasteiger partial charge on any atom is -0.467 e. The van der Waals surface area contributed by atoms with Crippen molar-refractivity contribution in [2.45, 2.75) is 18.6 Å². The van der Waals surface area contributed by atoms with E-state index < -0.39 is 0 Å². The number of rotatable bonds is 7.